The summed E-state index contributed by atoms with van der Waals surface area (Å²) in [6.07, 6.45) is 2.99. The van der Waals surface area contributed by atoms with Crippen molar-refractivity contribution in [3.8, 4) is 5.69 Å². The molecule has 0 bridgehead atoms. The fourth-order valence-electron chi connectivity index (χ4n) is 4.10. The number of likely N-dealkylation sites (N-methyl/N-ethyl adjacent to an activating group) is 1. The maximum atomic E-state index is 13.3. The molecule has 0 aliphatic carbocycles. The Balaban J connectivity index is 1.72. The minimum absolute atomic E-state index is 0.0265. The fourth-order valence-corrected chi connectivity index (χ4v) is 4.23. The molecule has 0 saturated carbocycles. The Hall–Kier alpha value is -2.87. The maximum Gasteiger partial charge on any atom is 0.310 e. The van der Waals surface area contributed by atoms with Crippen molar-refractivity contribution in [3.63, 3.8) is 0 Å². The predicted molar refractivity (Wildman–Crippen MR) is 126 cm³/mol. The fraction of sp³-hybridized carbons (Fsp3) is 0.500. The van der Waals surface area contributed by atoms with Crippen LogP contribution in [0.15, 0.2) is 30.5 Å². The lowest BCUT2D eigenvalue weighted by Gasteiger charge is -2.32. The van der Waals surface area contributed by atoms with Crippen molar-refractivity contribution in [2.24, 2.45) is 5.92 Å². The van der Waals surface area contributed by atoms with Crippen molar-refractivity contribution >= 4 is 29.4 Å². The van der Waals surface area contributed by atoms with Gasteiger partial charge in [-0.2, -0.15) is 5.10 Å². The molecule has 1 atom stereocenters. The number of piperidine rings is 1. The molecule has 0 spiro atoms. The van der Waals surface area contributed by atoms with Crippen LogP contribution in [0.1, 0.15) is 55.6 Å². The highest BCUT2D eigenvalue weighted by molar-refractivity contribution is 6.30. The summed E-state index contributed by atoms with van der Waals surface area (Å²) in [7, 11) is 1.61. The number of benzene rings is 1. The van der Waals surface area contributed by atoms with Crippen molar-refractivity contribution in [1.29, 1.82) is 0 Å². The Morgan fingerprint density at radius 1 is 1.24 bits per heavy atom. The van der Waals surface area contributed by atoms with Crippen molar-refractivity contribution < 1.29 is 19.1 Å². The zero-order valence-electron chi connectivity index (χ0n) is 19.6. The van der Waals surface area contributed by atoms with Crippen LogP contribution in [0, 0.1) is 5.92 Å². The maximum absolute atomic E-state index is 13.3. The lowest BCUT2D eigenvalue weighted by Crippen LogP contribution is -2.47. The van der Waals surface area contributed by atoms with Gasteiger partial charge in [-0.1, -0.05) is 25.4 Å². The second kappa shape index (κ2) is 10.8. The first-order valence-corrected chi connectivity index (χ1v) is 11.6. The van der Waals surface area contributed by atoms with Crippen LogP contribution in [-0.4, -0.2) is 70.7 Å². The molecular weight excluding hydrogens is 444 g/mol. The highest BCUT2D eigenvalue weighted by atomic mass is 35.5. The molecular formula is C24H31ClN4O4. The van der Waals surface area contributed by atoms with Gasteiger partial charge >= 0.3 is 5.97 Å². The number of carbonyl (C=O) groups excluding carboxylic acids is 3. The standard InChI is InChI=1S/C24H31ClN4O4/c1-5-33-24(32)17-7-6-12-28(14-17)21(30)15-27(4)23(31)20-13-26-29(22(20)16(2)3)19-10-8-18(25)9-11-19/h8-11,13,16-17H,5-7,12,14-15H2,1-4H3. The molecule has 8 nitrogen and oxygen atoms in total. The third-order valence-electron chi connectivity index (χ3n) is 5.77. The van der Waals surface area contributed by atoms with E-state index < -0.39 is 0 Å². The van der Waals surface area contributed by atoms with Crippen LogP contribution >= 0.6 is 11.6 Å². The van der Waals surface area contributed by atoms with Gasteiger partial charge in [-0.25, -0.2) is 4.68 Å². The first kappa shape index (κ1) is 24.8. The number of nitrogens with zero attached hydrogens (tertiary/aromatic N) is 4. The summed E-state index contributed by atoms with van der Waals surface area (Å²) in [6.45, 7) is 6.91. The van der Waals surface area contributed by atoms with Crippen LogP contribution in [0.2, 0.25) is 5.02 Å². The molecule has 1 saturated heterocycles. The molecule has 1 unspecified atom stereocenters. The van der Waals surface area contributed by atoms with Crippen LogP contribution in [-0.2, 0) is 14.3 Å². The first-order chi connectivity index (χ1) is 15.7. The number of hydrogen-bond acceptors (Lipinski definition) is 5. The van der Waals surface area contributed by atoms with Crippen LogP contribution in [0.25, 0.3) is 5.69 Å². The van der Waals surface area contributed by atoms with Gasteiger partial charge in [0.15, 0.2) is 0 Å². The predicted octanol–water partition coefficient (Wildman–Crippen LogP) is 3.52. The molecule has 0 N–H and O–H groups in total. The molecule has 9 heteroatoms. The third-order valence-corrected chi connectivity index (χ3v) is 6.02. The number of carbonyl (C=O) groups is 3. The molecule has 2 heterocycles. The van der Waals surface area contributed by atoms with Crippen molar-refractivity contribution in [1.82, 2.24) is 19.6 Å². The quantitative estimate of drug-likeness (QED) is 0.573. The van der Waals surface area contributed by atoms with Crippen molar-refractivity contribution in [2.45, 2.75) is 39.5 Å². The van der Waals surface area contributed by atoms with Gasteiger partial charge in [0, 0.05) is 25.2 Å². The largest absolute Gasteiger partial charge is 0.466 e. The number of aromatic nitrogens is 2. The molecule has 178 valence electrons. The van der Waals surface area contributed by atoms with Gasteiger partial charge in [0.25, 0.3) is 5.91 Å². The SMILES string of the molecule is CCOC(=O)C1CCCN(C(=O)CN(C)C(=O)c2cnn(-c3ccc(Cl)cc3)c2C(C)C)C1. The summed E-state index contributed by atoms with van der Waals surface area (Å²) in [5.41, 5.74) is 2.03. The Labute approximate surface area is 199 Å². The van der Waals surface area contributed by atoms with Gasteiger partial charge in [-0.05, 0) is 49.9 Å². The molecule has 1 aliphatic heterocycles. The summed E-state index contributed by atoms with van der Waals surface area (Å²) in [5.74, 6) is -1.01. The topological polar surface area (TPSA) is 84.7 Å². The number of esters is 1. The lowest BCUT2D eigenvalue weighted by atomic mass is 9.98. The molecule has 2 aromatic rings. The van der Waals surface area contributed by atoms with Gasteiger partial charge < -0.3 is 14.5 Å². The number of halogens is 1. The highest BCUT2D eigenvalue weighted by Gasteiger charge is 2.31. The summed E-state index contributed by atoms with van der Waals surface area (Å²) in [4.78, 5) is 41.3. The van der Waals surface area contributed by atoms with Gasteiger partial charge in [-0.3, -0.25) is 14.4 Å². The van der Waals surface area contributed by atoms with E-state index >= 15 is 0 Å². The van der Waals surface area contributed by atoms with Gasteiger partial charge in [0.05, 0.1) is 42.2 Å². The summed E-state index contributed by atoms with van der Waals surface area (Å²) < 4.78 is 6.84. The van der Waals surface area contributed by atoms with Crippen LogP contribution < -0.4 is 0 Å². The first-order valence-electron chi connectivity index (χ1n) is 11.3. The van der Waals surface area contributed by atoms with Crippen molar-refractivity contribution in [3.05, 3.63) is 46.7 Å². The molecule has 0 radical (unpaired) electrons. The van der Waals surface area contributed by atoms with E-state index in [0.717, 1.165) is 17.8 Å². The average Bonchev–Trinajstić information content (AvgIpc) is 3.24. The van der Waals surface area contributed by atoms with Crippen molar-refractivity contribution in [2.75, 3.05) is 33.3 Å². The van der Waals surface area contributed by atoms with E-state index in [9.17, 15) is 14.4 Å². The van der Waals surface area contributed by atoms with E-state index in [0.29, 0.717) is 36.7 Å². The zero-order chi connectivity index (χ0) is 24.1. The van der Waals surface area contributed by atoms with Crippen LogP contribution in [0.5, 0.6) is 0 Å². The minimum Gasteiger partial charge on any atom is -0.466 e. The molecule has 3 rings (SSSR count). The van der Waals surface area contributed by atoms with Gasteiger partial charge in [0.1, 0.15) is 0 Å². The molecule has 1 aromatic heterocycles. The Kier molecular flexibility index (Phi) is 8.13. The lowest BCUT2D eigenvalue weighted by molar-refractivity contribution is -0.151. The van der Waals surface area contributed by atoms with E-state index in [-0.39, 0.29) is 36.2 Å². The normalized spacial score (nSPS) is 16.1. The molecule has 1 aromatic carbocycles. The molecule has 33 heavy (non-hydrogen) atoms. The third kappa shape index (κ3) is 5.74. The van der Waals surface area contributed by atoms with Crippen LogP contribution in [0.3, 0.4) is 0 Å². The minimum atomic E-state index is -0.311. The molecule has 1 fully saturated rings. The number of hydrogen-bond donors (Lipinski definition) is 0. The van der Waals surface area contributed by atoms with E-state index in [4.69, 9.17) is 16.3 Å². The monoisotopic (exact) mass is 474 g/mol. The van der Waals surface area contributed by atoms with E-state index in [1.807, 2.05) is 26.0 Å². The number of likely N-dealkylation sites (tertiary alicyclic amines) is 1. The summed E-state index contributed by atoms with van der Waals surface area (Å²) in [6, 6.07) is 7.24. The number of ether oxygens (including phenoxy) is 1. The Bertz CT molecular complexity index is 1000. The number of amides is 2. The molecule has 2 amide bonds. The zero-order valence-corrected chi connectivity index (χ0v) is 20.3. The second-order valence-electron chi connectivity index (χ2n) is 8.58. The van der Waals surface area contributed by atoms with Gasteiger partial charge in [0.2, 0.25) is 5.91 Å². The summed E-state index contributed by atoms with van der Waals surface area (Å²) >= 11 is 6.00. The highest BCUT2D eigenvalue weighted by Crippen LogP contribution is 2.25. The van der Waals surface area contributed by atoms with E-state index in [2.05, 4.69) is 5.10 Å². The van der Waals surface area contributed by atoms with Gasteiger partial charge in [-0.15, -0.1) is 0 Å². The van der Waals surface area contributed by atoms with E-state index in [1.54, 1.807) is 41.9 Å². The smallest absolute Gasteiger partial charge is 0.310 e. The van der Waals surface area contributed by atoms with E-state index in [1.165, 1.54) is 4.90 Å². The summed E-state index contributed by atoms with van der Waals surface area (Å²) in [5, 5.41) is 5.06. The number of rotatable bonds is 7. The Morgan fingerprint density at radius 2 is 1.94 bits per heavy atom. The molecule has 1 aliphatic rings. The van der Waals surface area contributed by atoms with Crippen LogP contribution in [0.4, 0.5) is 0 Å². The average molecular weight is 475 g/mol. The Morgan fingerprint density at radius 3 is 2.58 bits per heavy atom. The second-order valence-corrected chi connectivity index (χ2v) is 9.02.